The number of benzene rings is 1. The smallest absolute Gasteiger partial charge is 0.255 e. The van der Waals surface area contributed by atoms with Crippen LogP contribution in [-0.2, 0) is 6.54 Å². The van der Waals surface area contributed by atoms with Gasteiger partial charge in [-0.2, -0.15) is 0 Å². The zero-order chi connectivity index (χ0) is 18.0. The van der Waals surface area contributed by atoms with Crippen molar-refractivity contribution in [3.8, 4) is 0 Å². The zero-order valence-electron chi connectivity index (χ0n) is 14.6. The first-order chi connectivity index (χ1) is 12.0. The molecular formula is C19H23F2N3O. The highest BCUT2D eigenvalue weighted by molar-refractivity contribution is 5.95. The lowest BCUT2D eigenvalue weighted by Gasteiger charge is -2.33. The van der Waals surface area contributed by atoms with Gasteiger partial charge in [0.05, 0.1) is 5.56 Å². The average Bonchev–Trinajstić information content (AvgIpc) is 3.06. The Labute approximate surface area is 146 Å². The van der Waals surface area contributed by atoms with Crippen molar-refractivity contribution >= 4 is 5.91 Å². The number of nitrogens with one attached hydrogen (secondary N) is 1. The number of H-pyrrole nitrogens is 1. The molecule has 0 bridgehead atoms. The van der Waals surface area contributed by atoms with Crippen molar-refractivity contribution in [2.75, 3.05) is 27.2 Å². The molecule has 2 aromatic rings. The van der Waals surface area contributed by atoms with E-state index in [2.05, 4.69) is 9.88 Å². The minimum Gasteiger partial charge on any atom is -0.364 e. The molecule has 3 rings (SSSR count). The van der Waals surface area contributed by atoms with Crippen molar-refractivity contribution in [1.82, 2.24) is 14.8 Å². The van der Waals surface area contributed by atoms with Gasteiger partial charge in [-0.05, 0) is 31.5 Å². The van der Waals surface area contributed by atoms with Gasteiger partial charge in [-0.25, -0.2) is 8.78 Å². The van der Waals surface area contributed by atoms with Gasteiger partial charge in [0.15, 0.2) is 0 Å². The number of carbonyl (C=O) groups excluding carboxylic acids is 1. The molecule has 1 aliphatic rings. The Morgan fingerprint density at radius 1 is 1.32 bits per heavy atom. The molecule has 2 heterocycles. The van der Waals surface area contributed by atoms with Crippen LogP contribution in [0.25, 0.3) is 0 Å². The third kappa shape index (κ3) is 3.90. The van der Waals surface area contributed by atoms with Crippen LogP contribution < -0.4 is 0 Å². The van der Waals surface area contributed by atoms with Crippen LogP contribution in [-0.4, -0.2) is 47.9 Å². The van der Waals surface area contributed by atoms with Crippen LogP contribution in [0.4, 0.5) is 8.78 Å². The maximum atomic E-state index is 13.9. The molecule has 4 nitrogen and oxygen atoms in total. The van der Waals surface area contributed by atoms with E-state index in [4.69, 9.17) is 0 Å². The Balaban J connectivity index is 1.74. The summed E-state index contributed by atoms with van der Waals surface area (Å²) in [5, 5.41) is 0. The third-order valence-electron chi connectivity index (χ3n) is 4.74. The highest BCUT2D eigenvalue weighted by Crippen LogP contribution is 2.29. The molecule has 1 N–H and O–H groups in total. The summed E-state index contributed by atoms with van der Waals surface area (Å²) in [5.41, 5.74) is 2.14. The standard InChI is InChI=1S/C19H23F2N3O/c1-23(2)19(25)16-7-8-22-18(16)14-4-3-9-24(12-14)11-13-5-6-15(20)10-17(13)21/h5-8,10,14,22H,3-4,9,11-12H2,1-2H3. The van der Waals surface area contributed by atoms with Gasteiger partial charge < -0.3 is 9.88 Å². The number of carbonyl (C=O) groups is 1. The summed E-state index contributed by atoms with van der Waals surface area (Å²) < 4.78 is 27.0. The number of aromatic nitrogens is 1. The molecule has 1 aromatic heterocycles. The first kappa shape index (κ1) is 17.6. The van der Waals surface area contributed by atoms with E-state index in [9.17, 15) is 13.6 Å². The summed E-state index contributed by atoms with van der Waals surface area (Å²) >= 11 is 0. The van der Waals surface area contributed by atoms with Gasteiger partial charge in [0.1, 0.15) is 11.6 Å². The Kier molecular flexibility index (Phi) is 5.18. The van der Waals surface area contributed by atoms with Gasteiger partial charge in [-0.3, -0.25) is 9.69 Å². The number of aromatic amines is 1. The highest BCUT2D eigenvalue weighted by atomic mass is 19.1. The molecular weight excluding hydrogens is 324 g/mol. The Bertz CT molecular complexity index is 757. The number of nitrogens with zero attached hydrogens (tertiary/aromatic N) is 2. The van der Waals surface area contributed by atoms with Gasteiger partial charge in [0, 0.05) is 56.6 Å². The van der Waals surface area contributed by atoms with Crippen LogP contribution in [0.15, 0.2) is 30.5 Å². The van der Waals surface area contributed by atoms with Gasteiger partial charge in [-0.1, -0.05) is 6.07 Å². The van der Waals surface area contributed by atoms with Crippen LogP contribution >= 0.6 is 0 Å². The quantitative estimate of drug-likeness (QED) is 0.921. The molecule has 1 aromatic carbocycles. The maximum Gasteiger partial charge on any atom is 0.255 e. The number of hydrogen-bond acceptors (Lipinski definition) is 2. The molecule has 25 heavy (non-hydrogen) atoms. The predicted octanol–water partition coefficient (Wildman–Crippen LogP) is 3.37. The van der Waals surface area contributed by atoms with Crippen molar-refractivity contribution in [3.63, 3.8) is 0 Å². The fourth-order valence-electron chi connectivity index (χ4n) is 3.47. The van der Waals surface area contributed by atoms with Crippen molar-refractivity contribution in [2.24, 2.45) is 0 Å². The lowest BCUT2D eigenvalue weighted by molar-refractivity contribution is 0.0825. The van der Waals surface area contributed by atoms with Crippen LogP contribution in [0.1, 0.15) is 40.4 Å². The van der Waals surface area contributed by atoms with E-state index in [0.29, 0.717) is 17.7 Å². The molecule has 1 aliphatic heterocycles. The number of rotatable bonds is 4. The molecule has 0 saturated carbocycles. The molecule has 0 aliphatic carbocycles. The topological polar surface area (TPSA) is 39.3 Å². The first-order valence-corrected chi connectivity index (χ1v) is 8.51. The van der Waals surface area contributed by atoms with Gasteiger partial charge in [0.25, 0.3) is 5.91 Å². The second-order valence-electron chi connectivity index (χ2n) is 6.81. The van der Waals surface area contributed by atoms with Crippen molar-refractivity contribution in [3.05, 3.63) is 58.9 Å². The van der Waals surface area contributed by atoms with E-state index in [0.717, 1.165) is 37.7 Å². The molecule has 0 spiro atoms. The Hall–Kier alpha value is -2.21. The van der Waals surface area contributed by atoms with Crippen LogP contribution in [0.3, 0.4) is 0 Å². The van der Waals surface area contributed by atoms with Crippen LogP contribution in [0, 0.1) is 11.6 Å². The Morgan fingerprint density at radius 3 is 2.84 bits per heavy atom. The third-order valence-corrected chi connectivity index (χ3v) is 4.74. The van der Waals surface area contributed by atoms with Crippen molar-refractivity contribution < 1.29 is 13.6 Å². The SMILES string of the molecule is CN(C)C(=O)c1cc[nH]c1C1CCCN(Cc2ccc(F)cc2F)C1. The van der Waals surface area contributed by atoms with Crippen molar-refractivity contribution in [1.29, 1.82) is 0 Å². The summed E-state index contributed by atoms with van der Waals surface area (Å²) in [4.78, 5) is 19.3. The number of halogens is 2. The fraction of sp³-hybridized carbons (Fsp3) is 0.421. The molecule has 0 radical (unpaired) electrons. The monoisotopic (exact) mass is 347 g/mol. The molecule has 1 fully saturated rings. The molecule has 1 atom stereocenters. The minimum atomic E-state index is -0.559. The summed E-state index contributed by atoms with van der Waals surface area (Å²) in [6, 6.07) is 5.54. The first-order valence-electron chi connectivity index (χ1n) is 8.51. The summed E-state index contributed by atoms with van der Waals surface area (Å²) in [6.45, 7) is 2.05. The van der Waals surface area contributed by atoms with Gasteiger partial charge >= 0.3 is 0 Å². The maximum absolute atomic E-state index is 13.9. The summed E-state index contributed by atoms with van der Waals surface area (Å²) in [5.74, 6) is -0.884. The van der Waals surface area contributed by atoms with E-state index in [-0.39, 0.29) is 11.8 Å². The molecule has 1 unspecified atom stereocenters. The molecule has 6 heteroatoms. The van der Waals surface area contributed by atoms with E-state index < -0.39 is 11.6 Å². The van der Waals surface area contributed by atoms with Gasteiger partial charge in [-0.15, -0.1) is 0 Å². The van der Waals surface area contributed by atoms with E-state index in [1.54, 1.807) is 25.2 Å². The molecule has 1 saturated heterocycles. The largest absolute Gasteiger partial charge is 0.364 e. The second kappa shape index (κ2) is 7.35. The number of hydrogen-bond donors (Lipinski definition) is 1. The average molecular weight is 347 g/mol. The number of likely N-dealkylation sites (tertiary alicyclic amines) is 1. The Morgan fingerprint density at radius 2 is 2.12 bits per heavy atom. The predicted molar refractivity (Wildman–Crippen MR) is 92.4 cm³/mol. The second-order valence-corrected chi connectivity index (χ2v) is 6.81. The zero-order valence-corrected chi connectivity index (χ0v) is 14.6. The lowest BCUT2D eigenvalue weighted by atomic mass is 9.92. The van der Waals surface area contributed by atoms with Crippen LogP contribution in [0.5, 0.6) is 0 Å². The van der Waals surface area contributed by atoms with E-state index >= 15 is 0 Å². The van der Waals surface area contributed by atoms with E-state index in [1.165, 1.54) is 12.1 Å². The minimum absolute atomic E-state index is 0.0158. The molecule has 1 amide bonds. The summed E-state index contributed by atoms with van der Waals surface area (Å²) in [6.07, 6.45) is 3.75. The van der Waals surface area contributed by atoms with Gasteiger partial charge in [0.2, 0.25) is 0 Å². The fourth-order valence-corrected chi connectivity index (χ4v) is 3.47. The molecule has 134 valence electrons. The van der Waals surface area contributed by atoms with Crippen LogP contribution in [0.2, 0.25) is 0 Å². The number of amides is 1. The van der Waals surface area contributed by atoms with E-state index in [1.807, 2.05) is 6.07 Å². The number of piperidine rings is 1. The highest BCUT2D eigenvalue weighted by Gasteiger charge is 2.27. The lowest BCUT2D eigenvalue weighted by Crippen LogP contribution is -2.35. The normalized spacial score (nSPS) is 18.3. The van der Waals surface area contributed by atoms with Crippen molar-refractivity contribution in [2.45, 2.75) is 25.3 Å². The summed E-state index contributed by atoms with van der Waals surface area (Å²) in [7, 11) is 3.48.